The Hall–Kier alpha value is -2.06. The van der Waals surface area contributed by atoms with Gasteiger partial charge < -0.3 is 0 Å². The molecule has 2 heteroatoms. The molecule has 0 saturated heterocycles. The quantitative estimate of drug-likeness (QED) is 0.767. The van der Waals surface area contributed by atoms with E-state index in [2.05, 4.69) is 37.8 Å². The minimum Gasteiger partial charge on any atom is -0.197 e. The van der Waals surface area contributed by atoms with E-state index in [1.54, 1.807) is 0 Å². The van der Waals surface area contributed by atoms with Gasteiger partial charge in [-0.3, -0.25) is 0 Å². The number of nitrogens with zero attached hydrogens (tertiary/aromatic N) is 2. The highest BCUT2D eigenvalue weighted by Crippen LogP contribution is 2.49. The molecule has 19 heavy (non-hydrogen) atoms. The second kappa shape index (κ2) is 5.29. The van der Waals surface area contributed by atoms with Gasteiger partial charge in [0, 0.05) is 5.41 Å². The van der Waals surface area contributed by atoms with E-state index < -0.39 is 11.3 Å². The van der Waals surface area contributed by atoms with Gasteiger partial charge in [-0.2, -0.15) is 10.5 Å². The average molecular weight is 250 g/mol. The van der Waals surface area contributed by atoms with Crippen molar-refractivity contribution in [3.8, 4) is 12.1 Å². The van der Waals surface area contributed by atoms with Crippen LogP contribution < -0.4 is 0 Å². The molecule has 0 aromatic heterocycles. The Balaban J connectivity index is 2.68. The molecule has 96 valence electrons. The van der Waals surface area contributed by atoms with Crippen molar-refractivity contribution < 1.29 is 0 Å². The zero-order valence-corrected chi connectivity index (χ0v) is 11.3. The van der Waals surface area contributed by atoms with E-state index in [0.717, 1.165) is 12.8 Å². The number of aryl methyl sites for hydroxylation is 1. The average Bonchev–Trinajstić information content (AvgIpc) is 2.44. The van der Waals surface area contributed by atoms with Gasteiger partial charge in [-0.1, -0.05) is 37.3 Å². The van der Waals surface area contributed by atoms with Crippen LogP contribution in [0.2, 0.25) is 0 Å². The molecule has 0 N–H and O–H groups in total. The highest BCUT2D eigenvalue weighted by molar-refractivity contribution is 5.42. The van der Waals surface area contributed by atoms with E-state index in [9.17, 15) is 10.5 Å². The summed E-state index contributed by atoms with van der Waals surface area (Å²) in [5, 5.41) is 18.8. The Morgan fingerprint density at radius 3 is 2.74 bits per heavy atom. The van der Waals surface area contributed by atoms with Crippen LogP contribution in [-0.2, 0) is 11.8 Å². The molecule has 0 unspecified atom stereocenters. The molecule has 0 heterocycles. The van der Waals surface area contributed by atoms with Gasteiger partial charge in [-0.05, 0) is 36.3 Å². The fourth-order valence-electron chi connectivity index (χ4n) is 3.45. The molecular formula is C17H18N2. The summed E-state index contributed by atoms with van der Waals surface area (Å²) >= 11 is 0. The minimum absolute atomic E-state index is 0.310. The largest absolute Gasteiger partial charge is 0.197 e. The maximum atomic E-state index is 9.41. The van der Waals surface area contributed by atoms with Crippen molar-refractivity contribution in [2.75, 3.05) is 0 Å². The van der Waals surface area contributed by atoms with Crippen molar-refractivity contribution in [3.05, 3.63) is 48.0 Å². The second-order valence-electron chi connectivity index (χ2n) is 5.32. The predicted octanol–water partition coefficient (Wildman–Crippen LogP) is 3.75. The first-order valence-corrected chi connectivity index (χ1v) is 6.69. The fraction of sp³-hybridized carbons (Fsp3) is 0.412. The molecule has 2 atom stereocenters. The predicted molar refractivity (Wildman–Crippen MR) is 75.1 cm³/mol. The summed E-state index contributed by atoms with van der Waals surface area (Å²) in [7, 11) is 0. The Morgan fingerprint density at radius 1 is 1.42 bits per heavy atom. The Morgan fingerprint density at radius 2 is 2.11 bits per heavy atom. The van der Waals surface area contributed by atoms with Gasteiger partial charge in [0.05, 0.1) is 12.1 Å². The number of hydrogen-bond donors (Lipinski definition) is 0. The third-order valence-corrected chi connectivity index (χ3v) is 4.50. The third kappa shape index (κ3) is 1.94. The molecule has 1 aromatic carbocycles. The van der Waals surface area contributed by atoms with Crippen molar-refractivity contribution in [3.63, 3.8) is 0 Å². The van der Waals surface area contributed by atoms with Crippen LogP contribution in [0.15, 0.2) is 36.9 Å². The molecule has 2 rings (SSSR count). The number of rotatable bonds is 3. The maximum absolute atomic E-state index is 9.41. The van der Waals surface area contributed by atoms with Crippen LogP contribution in [0, 0.1) is 34.5 Å². The third-order valence-electron chi connectivity index (χ3n) is 4.50. The zero-order chi connectivity index (χ0) is 13.9. The van der Waals surface area contributed by atoms with Crippen molar-refractivity contribution in [1.29, 1.82) is 10.5 Å². The zero-order valence-electron chi connectivity index (χ0n) is 11.3. The summed E-state index contributed by atoms with van der Waals surface area (Å²) in [6, 6.07) is 12.6. The molecule has 1 aliphatic carbocycles. The monoisotopic (exact) mass is 250 g/mol. The lowest BCUT2D eigenvalue weighted by atomic mass is 9.57. The van der Waals surface area contributed by atoms with E-state index in [0.29, 0.717) is 12.3 Å². The highest BCUT2D eigenvalue weighted by Gasteiger charge is 2.47. The molecular weight excluding hydrogens is 232 g/mol. The lowest BCUT2D eigenvalue weighted by Gasteiger charge is -2.44. The molecule has 1 aromatic rings. The van der Waals surface area contributed by atoms with Crippen LogP contribution in [0.25, 0.3) is 0 Å². The van der Waals surface area contributed by atoms with E-state index in [4.69, 9.17) is 0 Å². The molecule has 1 aliphatic rings. The Kier molecular flexibility index (Phi) is 3.72. The van der Waals surface area contributed by atoms with Crippen LogP contribution >= 0.6 is 0 Å². The summed E-state index contributed by atoms with van der Waals surface area (Å²) in [5.41, 5.74) is 2.04. The molecule has 0 saturated carbocycles. The maximum Gasteiger partial charge on any atom is 0.143 e. The molecule has 0 spiro atoms. The van der Waals surface area contributed by atoms with E-state index in [-0.39, 0.29) is 0 Å². The molecule has 0 radical (unpaired) electrons. The van der Waals surface area contributed by atoms with Crippen LogP contribution in [-0.4, -0.2) is 0 Å². The van der Waals surface area contributed by atoms with Crippen LogP contribution in [0.1, 0.15) is 30.9 Å². The standard InChI is InChI=1S/C17H18N2/c1-3-10-17(15(11-18)12-19)13(2)8-9-14-6-4-5-7-16(14)17/h3-7,13,15H,1,8-10H2,2H3/t13-,17+/m0/s1. The smallest absolute Gasteiger partial charge is 0.143 e. The van der Waals surface area contributed by atoms with Gasteiger partial charge in [0.15, 0.2) is 0 Å². The van der Waals surface area contributed by atoms with Crippen molar-refractivity contribution in [2.24, 2.45) is 11.8 Å². The molecule has 0 amide bonds. The van der Waals surface area contributed by atoms with Gasteiger partial charge in [0.1, 0.15) is 5.92 Å². The first kappa shape index (κ1) is 13.4. The summed E-state index contributed by atoms with van der Waals surface area (Å²) < 4.78 is 0. The van der Waals surface area contributed by atoms with Gasteiger partial charge in [-0.15, -0.1) is 6.58 Å². The van der Waals surface area contributed by atoms with Crippen LogP contribution in [0.4, 0.5) is 0 Å². The van der Waals surface area contributed by atoms with Crippen molar-refractivity contribution in [1.82, 2.24) is 0 Å². The normalized spacial score (nSPS) is 25.2. The first-order valence-electron chi connectivity index (χ1n) is 6.69. The number of nitriles is 2. The summed E-state index contributed by atoms with van der Waals surface area (Å²) in [6.45, 7) is 5.99. The Labute approximate surface area is 115 Å². The molecule has 0 fully saturated rings. The highest BCUT2D eigenvalue weighted by atomic mass is 14.5. The van der Waals surface area contributed by atoms with Gasteiger partial charge >= 0.3 is 0 Å². The van der Waals surface area contributed by atoms with Crippen LogP contribution in [0.3, 0.4) is 0 Å². The number of fused-ring (bicyclic) bond motifs is 1. The summed E-state index contributed by atoms with van der Waals surface area (Å²) in [6.07, 6.45) is 4.57. The lowest BCUT2D eigenvalue weighted by Crippen LogP contribution is -2.43. The lowest BCUT2D eigenvalue weighted by molar-refractivity contribution is 0.222. The second-order valence-corrected chi connectivity index (χ2v) is 5.32. The van der Waals surface area contributed by atoms with E-state index in [1.807, 2.05) is 18.2 Å². The van der Waals surface area contributed by atoms with E-state index >= 15 is 0 Å². The number of benzene rings is 1. The summed E-state index contributed by atoms with van der Waals surface area (Å²) in [5.74, 6) is -0.313. The SMILES string of the molecule is C=CC[C@@]1(C(C#N)C#N)c2ccccc2CC[C@@H]1C. The van der Waals surface area contributed by atoms with Crippen molar-refractivity contribution >= 4 is 0 Å². The van der Waals surface area contributed by atoms with Crippen molar-refractivity contribution in [2.45, 2.75) is 31.6 Å². The molecule has 2 nitrogen and oxygen atoms in total. The van der Waals surface area contributed by atoms with E-state index in [1.165, 1.54) is 11.1 Å². The fourth-order valence-corrected chi connectivity index (χ4v) is 3.45. The van der Waals surface area contributed by atoms with Gasteiger partial charge in [0.25, 0.3) is 0 Å². The number of hydrogen-bond acceptors (Lipinski definition) is 2. The minimum atomic E-state index is -0.623. The topological polar surface area (TPSA) is 47.6 Å². The first-order chi connectivity index (χ1) is 9.20. The van der Waals surface area contributed by atoms with Crippen LogP contribution in [0.5, 0.6) is 0 Å². The Bertz CT molecular complexity index is 547. The molecule has 0 aliphatic heterocycles. The van der Waals surface area contributed by atoms with Gasteiger partial charge in [-0.25, -0.2) is 0 Å². The number of allylic oxidation sites excluding steroid dienone is 1. The summed E-state index contributed by atoms with van der Waals surface area (Å²) in [4.78, 5) is 0. The molecule has 0 bridgehead atoms. The van der Waals surface area contributed by atoms with Gasteiger partial charge in [0.2, 0.25) is 0 Å².